The second-order valence-corrected chi connectivity index (χ2v) is 15.1. The minimum Gasteiger partial charge on any atom is -0.497 e. The van der Waals surface area contributed by atoms with E-state index in [1.807, 2.05) is 49.9 Å². The van der Waals surface area contributed by atoms with Crippen molar-refractivity contribution in [2.75, 3.05) is 44.8 Å². The van der Waals surface area contributed by atoms with Crippen LogP contribution in [-0.2, 0) is 4.74 Å². The third-order valence-electron chi connectivity index (χ3n) is 10.9. The minimum absolute atomic E-state index is 0.0380. The van der Waals surface area contributed by atoms with Gasteiger partial charge in [0.15, 0.2) is 5.82 Å². The van der Waals surface area contributed by atoms with E-state index in [2.05, 4.69) is 15.7 Å². The molecule has 0 aliphatic carbocycles. The molecule has 4 aliphatic rings. The number of piperazine rings is 1. The molecule has 2 atom stereocenters. The summed E-state index contributed by atoms with van der Waals surface area (Å²) in [4.78, 5) is 34.2. The maximum atomic E-state index is 17.1. The van der Waals surface area contributed by atoms with E-state index in [4.69, 9.17) is 35.6 Å². The molecule has 260 valence electrons. The number of ether oxygens (including phenoxy) is 3. The molecule has 4 fully saturated rings. The molecule has 0 radical (unpaired) electrons. The first-order valence-corrected chi connectivity index (χ1v) is 17.7. The number of fused-ring (bicyclic) bond motifs is 5. The number of carbonyl (C=O) groups excluding carboxylic acids is 1. The highest BCUT2D eigenvalue weighted by molar-refractivity contribution is 6.03. The summed E-state index contributed by atoms with van der Waals surface area (Å²) < 4.78 is 35.0. The Morgan fingerprint density at radius 2 is 1.84 bits per heavy atom. The van der Waals surface area contributed by atoms with Gasteiger partial charge in [0.1, 0.15) is 35.0 Å². The number of benzene rings is 2. The Labute approximate surface area is 291 Å². The fraction of sp³-hybridized carbons (Fsp3) is 0.487. The van der Waals surface area contributed by atoms with Crippen molar-refractivity contribution >= 4 is 33.6 Å². The third kappa shape index (κ3) is 5.54. The Bertz CT molecular complexity index is 2020. The van der Waals surface area contributed by atoms with Crippen molar-refractivity contribution in [2.24, 2.45) is 0 Å². The van der Waals surface area contributed by atoms with E-state index in [1.165, 1.54) is 0 Å². The number of rotatable bonds is 6. The van der Waals surface area contributed by atoms with E-state index in [1.54, 1.807) is 19.4 Å². The molecular formula is C39H43FN6O4. The Morgan fingerprint density at radius 3 is 2.52 bits per heavy atom. The highest BCUT2D eigenvalue weighted by Gasteiger charge is 2.46. The number of halogens is 1. The lowest BCUT2D eigenvalue weighted by Crippen LogP contribution is -2.57. The van der Waals surface area contributed by atoms with Gasteiger partial charge in [-0.2, -0.15) is 9.97 Å². The molecule has 4 aromatic rings. The van der Waals surface area contributed by atoms with Gasteiger partial charge in [0.25, 0.3) is 0 Å². The molecular weight excluding hydrogens is 635 g/mol. The number of nitrogens with zero attached hydrogens (tertiary/aromatic N) is 6. The van der Waals surface area contributed by atoms with E-state index in [0.29, 0.717) is 53.2 Å². The number of aromatic nitrogens is 3. The summed E-state index contributed by atoms with van der Waals surface area (Å²) in [6.07, 6.45) is 13.4. The van der Waals surface area contributed by atoms with Crippen molar-refractivity contribution in [1.82, 2.24) is 24.8 Å². The Morgan fingerprint density at radius 1 is 1.10 bits per heavy atom. The standard InChI is InChI=1S/C39H43FN6O4/c1-6-24-10-7-11-25-18-28(48-5)19-29(31(24)25)33-32(40)34-30(20-41-33)35(43-36(42-34)49-23-39-14-8-16-45(39)17-9-15-39)44-21-26-12-13-27(22-44)46(26)37(47)50-38(2,3)4/h1,7,10-11,18-20,26-27H,8-9,12-17,21-23H2,2-5H3. The molecule has 0 N–H and O–H groups in total. The van der Waals surface area contributed by atoms with Crippen LogP contribution in [0, 0.1) is 18.2 Å². The van der Waals surface area contributed by atoms with Crippen molar-refractivity contribution in [3.8, 4) is 35.4 Å². The monoisotopic (exact) mass is 678 g/mol. The van der Waals surface area contributed by atoms with Gasteiger partial charge < -0.3 is 19.1 Å². The number of anilines is 1. The zero-order chi connectivity index (χ0) is 34.8. The Balaban J connectivity index is 1.23. The fourth-order valence-electron chi connectivity index (χ4n) is 8.69. The van der Waals surface area contributed by atoms with Crippen LogP contribution in [0.4, 0.5) is 15.0 Å². The number of amides is 1. The van der Waals surface area contributed by atoms with Crippen molar-refractivity contribution in [1.29, 1.82) is 0 Å². The van der Waals surface area contributed by atoms with E-state index in [-0.39, 0.29) is 40.9 Å². The van der Waals surface area contributed by atoms with Gasteiger partial charge in [-0.3, -0.25) is 14.8 Å². The lowest BCUT2D eigenvalue weighted by Gasteiger charge is -2.42. The summed E-state index contributed by atoms with van der Waals surface area (Å²) in [7, 11) is 1.58. The molecule has 6 heterocycles. The molecule has 4 saturated heterocycles. The number of carbonyl (C=O) groups is 1. The highest BCUT2D eigenvalue weighted by Crippen LogP contribution is 2.42. The van der Waals surface area contributed by atoms with Gasteiger partial charge in [0, 0.05) is 35.8 Å². The molecule has 11 heteroatoms. The number of hydrogen-bond acceptors (Lipinski definition) is 9. The molecule has 2 aromatic heterocycles. The maximum Gasteiger partial charge on any atom is 0.410 e. The van der Waals surface area contributed by atoms with E-state index in [0.717, 1.165) is 57.0 Å². The summed E-state index contributed by atoms with van der Waals surface area (Å²) in [6.45, 7) is 9.26. The predicted molar refractivity (Wildman–Crippen MR) is 190 cm³/mol. The van der Waals surface area contributed by atoms with Crippen molar-refractivity contribution in [3.05, 3.63) is 47.9 Å². The van der Waals surface area contributed by atoms with Gasteiger partial charge in [-0.25, -0.2) is 9.18 Å². The topological polar surface area (TPSA) is 93.2 Å². The van der Waals surface area contributed by atoms with E-state index >= 15 is 4.39 Å². The molecule has 4 aliphatic heterocycles. The quantitative estimate of drug-likeness (QED) is 0.210. The lowest BCUT2D eigenvalue weighted by atomic mass is 9.95. The molecule has 0 saturated carbocycles. The summed E-state index contributed by atoms with van der Waals surface area (Å²) in [5.41, 5.74) is 0.759. The van der Waals surface area contributed by atoms with Crippen molar-refractivity contribution in [2.45, 2.75) is 82.5 Å². The summed E-state index contributed by atoms with van der Waals surface area (Å²) in [5, 5.41) is 2.01. The second kappa shape index (κ2) is 12.3. The smallest absolute Gasteiger partial charge is 0.410 e. The number of pyridine rings is 1. The van der Waals surface area contributed by atoms with Gasteiger partial charge in [-0.1, -0.05) is 18.1 Å². The first kappa shape index (κ1) is 32.5. The third-order valence-corrected chi connectivity index (χ3v) is 10.9. The molecule has 10 nitrogen and oxygen atoms in total. The Hall–Kier alpha value is -4.69. The van der Waals surface area contributed by atoms with E-state index < -0.39 is 11.4 Å². The number of methoxy groups -OCH3 is 1. The highest BCUT2D eigenvalue weighted by atomic mass is 19.1. The minimum atomic E-state index is -0.591. The molecule has 0 spiro atoms. The average Bonchev–Trinajstić information content (AvgIpc) is 3.76. The molecule has 1 amide bonds. The number of hydrogen-bond donors (Lipinski definition) is 0. The van der Waals surface area contributed by atoms with Crippen LogP contribution in [0.1, 0.15) is 64.9 Å². The summed E-state index contributed by atoms with van der Waals surface area (Å²) in [5.74, 6) is 3.27. The summed E-state index contributed by atoms with van der Waals surface area (Å²) in [6, 6.07) is 9.29. The first-order chi connectivity index (χ1) is 24.1. The normalized spacial score (nSPS) is 21.4. The van der Waals surface area contributed by atoms with Gasteiger partial charge in [-0.05, 0) is 96.0 Å². The zero-order valence-electron chi connectivity index (χ0n) is 29.2. The van der Waals surface area contributed by atoms with Crippen LogP contribution in [0.2, 0.25) is 0 Å². The van der Waals surface area contributed by atoms with E-state index in [9.17, 15) is 4.79 Å². The summed E-state index contributed by atoms with van der Waals surface area (Å²) >= 11 is 0. The van der Waals surface area contributed by atoms with Crippen LogP contribution in [-0.4, -0.2) is 94.0 Å². The van der Waals surface area contributed by atoms with Gasteiger partial charge in [0.2, 0.25) is 0 Å². The van der Waals surface area contributed by atoms with Crippen LogP contribution < -0.4 is 14.4 Å². The molecule has 2 unspecified atom stereocenters. The average molecular weight is 679 g/mol. The van der Waals surface area contributed by atoms with Gasteiger partial charge in [-0.15, -0.1) is 6.42 Å². The fourth-order valence-corrected chi connectivity index (χ4v) is 8.69. The van der Waals surface area contributed by atoms with Gasteiger partial charge in [0.05, 0.1) is 30.1 Å². The zero-order valence-corrected chi connectivity index (χ0v) is 29.2. The first-order valence-electron chi connectivity index (χ1n) is 17.7. The van der Waals surface area contributed by atoms with Crippen LogP contribution >= 0.6 is 0 Å². The largest absolute Gasteiger partial charge is 0.497 e. The number of terminal acetylenes is 1. The van der Waals surface area contributed by atoms with Crippen LogP contribution in [0.5, 0.6) is 11.8 Å². The predicted octanol–water partition coefficient (Wildman–Crippen LogP) is 6.57. The lowest BCUT2D eigenvalue weighted by molar-refractivity contribution is 0.0122. The van der Waals surface area contributed by atoms with Crippen LogP contribution in [0.25, 0.3) is 32.9 Å². The second-order valence-electron chi connectivity index (χ2n) is 15.1. The SMILES string of the molecule is C#Cc1cccc2cc(OC)cc(-c3ncc4c(N5CC6CCC(C5)N6C(=O)OC(C)(C)C)nc(OCC56CCCN5CCC6)nc4c3F)c12. The molecule has 2 aromatic carbocycles. The van der Waals surface area contributed by atoms with Crippen molar-refractivity contribution < 1.29 is 23.4 Å². The molecule has 2 bridgehead atoms. The Kier molecular flexibility index (Phi) is 7.98. The van der Waals surface area contributed by atoms with Gasteiger partial charge >= 0.3 is 12.1 Å². The maximum absolute atomic E-state index is 17.1. The van der Waals surface area contributed by atoms with Crippen LogP contribution in [0.3, 0.4) is 0 Å². The molecule has 8 rings (SSSR count). The van der Waals surface area contributed by atoms with Crippen LogP contribution in [0.15, 0.2) is 36.5 Å². The molecule has 50 heavy (non-hydrogen) atoms. The van der Waals surface area contributed by atoms with Crippen molar-refractivity contribution in [3.63, 3.8) is 0 Å².